The molecule has 0 N–H and O–H groups in total. The van der Waals surface area contributed by atoms with E-state index in [4.69, 9.17) is 0 Å². The van der Waals surface area contributed by atoms with Crippen LogP contribution in [0, 0.1) is 11.8 Å². The molecule has 2 aliphatic heterocycles. The van der Waals surface area contributed by atoms with E-state index in [1.807, 2.05) is 10.3 Å². The number of carbonyl (C=O) groups is 1. The Morgan fingerprint density at radius 1 is 1.17 bits per heavy atom. The summed E-state index contributed by atoms with van der Waals surface area (Å²) in [4.78, 5) is 29.7. The zero-order valence-electron chi connectivity index (χ0n) is 13.9. The molecule has 0 bridgehead atoms. The van der Waals surface area contributed by atoms with Gasteiger partial charge in [0.15, 0.2) is 0 Å². The van der Waals surface area contributed by atoms with Crippen molar-refractivity contribution in [2.24, 2.45) is 11.8 Å². The lowest BCUT2D eigenvalue weighted by Gasteiger charge is -2.22. The molecule has 0 aliphatic carbocycles. The summed E-state index contributed by atoms with van der Waals surface area (Å²) in [6.07, 6.45) is 1.66. The maximum absolute atomic E-state index is 12.4. The number of aromatic nitrogens is 3. The van der Waals surface area contributed by atoms with E-state index in [1.54, 1.807) is 11.8 Å². The average molecular weight is 343 g/mol. The van der Waals surface area contributed by atoms with Gasteiger partial charge in [-0.3, -0.25) is 4.79 Å². The van der Waals surface area contributed by atoms with Crippen LogP contribution in [0.4, 0.5) is 5.82 Å². The molecule has 2 atom stereocenters. The van der Waals surface area contributed by atoms with Gasteiger partial charge in [0.1, 0.15) is 17.8 Å². The smallest absolute Gasteiger partial charge is 0.273 e. The van der Waals surface area contributed by atoms with Crippen molar-refractivity contribution < 1.29 is 4.79 Å². The first-order chi connectivity index (χ1) is 11.6. The molecular weight excluding hydrogens is 322 g/mol. The zero-order chi connectivity index (χ0) is 16.7. The van der Waals surface area contributed by atoms with Crippen molar-refractivity contribution >= 4 is 23.1 Å². The first-order valence-corrected chi connectivity index (χ1v) is 9.30. The van der Waals surface area contributed by atoms with Gasteiger partial charge in [0.25, 0.3) is 5.91 Å². The van der Waals surface area contributed by atoms with Gasteiger partial charge in [-0.15, -0.1) is 11.3 Å². The van der Waals surface area contributed by atoms with Crippen LogP contribution in [0.2, 0.25) is 0 Å². The highest BCUT2D eigenvalue weighted by atomic mass is 32.1. The van der Waals surface area contributed by atoms with Crippen LogP contribution >= 0.6 is 11.3 Å². The first-order valence-electron chi connectivity index (χ1n) is 8.36. The van der Waals surface area contributed by atoms with Crippen molar-refractivity contribution in [3.63, 3.8) is 0 Å². The van der Waals surface area contributed by atoms with Crippen molar-refractivity contribution in [3.8, 4) is 0 Å². The fourth-order valence-corrected chi connectivity index (χ4v) is 4.20. The molecule has 24 heavy (non-hydrogen) atoms. The standard InChI is InChI=1S/C17H21N5OS/c1-11(2)14-3-16(19-9-18-14)21-4-12-6-22(7-13(12)5-21)17(23)15-8-24-10-20-15/h3,8-13H,4-7H2,1-2H3. The molecule has 4 rings (SSSR count). The number of hydrogen-bond donors (Lipinski definition) is 0. The Hall–Kier alpha value is -2.02. The highest BCUT2D eigenvalue weighted by Crippen LogP contribution is 2.34. The van der Waals surface area contributed by atoms with Crippen LogP contribution in [0.15, 0.2) is 23.3 Å². The topological polar surface area (TPSA) is 62.2 Å². The molecule has 1 amide bonds. The lowest BCUT2D eigenvalue weighted by Crippen LogP contribution is -2.33. The monoisotopic (exact) mass is 343 g/mol. The molecule has 0 saturated carbocycles. The Labute approximate surface area is 145 Å². The van der Waals surface area contributed by atoms with Gasteiger partial charge < -0.3 is 9.80 Å². The molecule has 2 saturated heterocycles. The highest BCUT2D eigenvalue weighted by molar-refractivity contribution is 7.07. The van der Waals surface area contributed by atoms with Crippen LogP contribution < -0.4 is 4.90 Å². The third kappa shape index (κ3) is 2.77. The minimum Gasteiger partial charge on any atom is -0.356 e. The predicted molar refractivity (Wildman–Crippen MR) is 93.3 cm³/mol. The summed E-state index contributed by atoms with van der Waals surface area (Å²) in [5, 5.41) is 1.83. The first kappa shape index (κ1) is 15.5. The van der Waals surface area contributed by atoms with E-state index in [0.29, 0.717) is 23.4 Å². The summed E-state index contributed by atoms with van der Waals surface area (Å²) < 4.78 is 0. The van der Waals surface area contributed by atoms with Crippen molar-refractivity contribution in [2.75, 3.05) is 31.1 Å². The lowest BCUT2D eigenvalue weighted by atomic mass is 10.0. The van der Waals surface area contributed by atoms with Gasteiger partial charge in [0.05, 0.1) is 5.51 Å². The number of rotatable bonds is 3. The van der Waals surface area contributed by atoms with E-state index < -0.39 is 0 Å². The molecule has 126 valence electrons. The van der Waals surface area contributed by atoms with E-state index in [0.717, 1.165) is 37.7 Å². The zero-order valence-corrected chi connectivity index (χ0v) is 14.7. The summed E-state index contributed by atoms with van der Waals surface area (Å²) in [5.74, 6) is 2.52. The van der Waals surface area contributed by atoms with Crippen molar-refractivity contribution in [1.82, 2.24) is 19.9 Å². The molecular formula is C17H21N5OS. The normalized spacial score (nSPS) is 23.1. The van der Waals surface area contributed by atoms with E-state index in [9.17, 15) is 4.79 Å². The second-order valence-corrected chi connectivity index (χ2v) is 7.68. The van der Waals surface area contributed by atoms with Crippen LogP contribution in [0.3, 0.4) is 0 Å². The van der Waals surface area contributed by atoms with Crippen LogP contribution in [-0.2, 0) is 0 Å². The minimum atomic E-state index is 0.0707. The lowest BCUT2D eigenvalue weighted by molar-refractivity contribution is 0.0777. The highest BCUT2D eigenvalue weighted by Gasteiger charge is 2.42. The molecule has 2 aromatic rings. The predicted octanol–water partition coefficient (Wildman–Crippen LogP) is 2.26. The van der Waals surface area contributed by atoms with Crippen molar-refractivity contribution in [2.45, 2.75) is 19.8 Å². The van der Waals surface area contributed by atoms with Gasteiger partial charge in [0.2, 0.25) is 0 Å². The van der Waals surface area contributed by atoms with E-state index >= 15 is 0 Å². The van der Waals surface area contributed by atoms with E-state index in [1.165, 1.54) is 11.3 Å². The largest absolute Gasteiger partial charge is 0.356 e. The third-order valence-corrected chi connectivity index (χ3v) is 5.60. The number of hydrogen-bond acceptors (Lipinski definition) is 6. The number of thiazole rings is 1. The molecule has 0 aromatic carbocycles. The molecule has 0 spiro atoms. The second kappa shape index (κ2) is 6.12. The van der Waals surface area contributed by atoms with Crippen LogP contribution in [-0.4, -0.2) is 51.9 Å². The fourth-order valence-electron chi connectivity index (χ4n) is 3.68. The molecule has 4 heterocycles. The van der Waals surface area contributed by atoms with Gasteiger partial charge in [0, 0.05) is 55.2 Å². The summed E-state index contributed by atoms with van der Waals surface area (Å²) >= 11 is 1.47. The van der Waals surface area contributed by atoms with E-state index in [-0.39, 0.29) is 5.91 Å². The van der Waals surface area contributed by atoms with Crippen molar-refractivity contribution in [1.29, 1.82) is 0 Å². The van der Waals surface area contributed by atoms with Crippen LogP contribution in [0.25, 0.3) is 0 Å². The summed E-state index contributed by atoms with van der Waals surface area (Å²) in [5.41, 5.74) is 3.37. The quantitative estimate of drug-likeness (QED) is 0.855. The SMILES string of the molecule is CC(C)c1cc(N2CC3CN(C(=O)c4cscn4)CC3C2)ncn1. The summed E-state index contributed by atoms with van der Waals surface area (Å²) in [6.45, 7) is 7.85. The molecule has 2 aliphatic rings. The number of carbonyl (C=O) groups excluding carboxylic acids is 1. The molecule has 2 unspecified atom stereocenters. The Morgan fingerprint density at radius 3 is 2.54 bits per heavy atom. The molecule has 2 fully saturated rings. The summed E-state index contributed by atoms with van der Waals surface area (Å²) in [7, 11) is 0. The van der Waals surface area contributed by atoms with Crippen LogP contribution in [0.1, 0.15) is 35.9 Å². The van der Waals surface area contributed by atoms with Gasteiger partial charge >= 0.3 is 0 Å². The maximum atomic E-state index is 12.4. The molecule has 7 heteroatoms. The minimum absolute atomic E-state index is 0.0707. The number of likely N-dealkylation sites (tertiary alicyclic amines) is 1. The Kier molecular flexibility index (Phi) is 3.96. The fraction of sp³-hybridized carbons (Fsp3) is 0.529. The molecule has 0 radical (unpaired) electrons. The Bertz CT molecular complexity index is 718. The number of anilines is 1. The maximum Gasteiger partial charge on any atom is 0.273 e. The Balaban J connectivity index is 1.43. The van der Waals surface area contributed by atoms with Gasteiger partial charge in [-0.25, -0.2) is 15.0 Å². The Morgan fingerprint density at radius 2 is 1.92 bits per heavy atom. The third-order valence-electron chi connectivity index (χ3n) is 5.01. The molecule has 6 nitrogen and oxygen atoms in total. The second-order valence-electron chi connectivity index (χ2n) is 6.96. The van der Waals surface area contributed by atoms with Gasteiger partial charge in [-0.05, 0) is 5.92 Å². The van der Waals surface area contributed by atoms with Crippen LogP contribution in [0.5, 0.6) is 0 Å². The van der Waals surface area contributed by atoms with E-state index in [2.05, 4.69) is 39.8 Å². The molecule has 2 aromatic heterocycles. The van der Waals surface area contributed by atoms with Gasteiger partial charge in [-0.2, -0.15) is 0 Å². The van der Waals surface area contributed by atoms with Crippen molar-refractivity contribution in [3.05, 3.63) is 34.7 Å². The summed E-state index contributed by atoms with van der Waals surface area (Å²) in [6, 6.07) is 2.10. The van der Waals surface area contributed by atoms with Gasteiger partial charge in [-0.1, -0.05) is 13.8 Å². The average Bonchev–Trinajstić information content (AvgIpc) is 3.30. The number of nitrogens with zero attached hydrogens (tertiary/aromatic N) is 5. The number of amides is 1. The number of fused-ring (bicyclic) bond motifs is 1.